The van der Waals surface area contributed by atoms with Gasteiger partial charge in [-0.3, -0.25) is 0 Å². The fraction of sp³-hybridized carbons (Fsp3) is 0.417. The molecule has 0 bridgehead atoms. The molecule has 5 heteroatoms. The maximum atomic E-state index is 11.2. The molecule has 0 fully saturated rings. The number of aromatic nitrogens is 2. The molecule has 0 radical (unpaired) electrons. The van der Waals surface area contributed by atoms with E-state index in [1.165, 1.54) is 13.3 Å². The van der Waals surface area contributed by atoms with Crippen LogP contribution in [0.5, 0.6) is 0 Å². The average Bonchev–Trinajstić information content (AvgIpc) is 2.40. The largest absolute Gasteiger partial charge is 0.464 e. The Bertz CT molecular complexity index is 414. The second-order valence-corrected chi connectivity index (χ2v) is 3.90. The van der Waals surface area contributed by atoms with Crippen LogP contribution in [0.1, 0.15) is 29.8 Å². The highest BCUT2D eigenvalue weighted by Gasteiger charge is 2.11. The molecule has 90 valence electrons. The number of hydrogen-bond acceptors (Lipinski definition) is 5. The van der Waals surface area contributed by atoms with Crippen LogP contribution in [0.3, 0.4) is 0 Å². The van der Waals surface area contributed by atoms with E-state index in [0.717, 1.165) is 19.3 Å². The summed E-state index contributed by atoms with van der Waals surface area (Å²) in [6.45, 7) is 0. The summed E-state index contributed by atoms with van der Waals surface area (Å²) < 4.78 is 4.56. The number of carbonyl (C=O) groups excluding carboxylic acids is 1. The molecule has 0 spiro atoms. The number of carbonyl (C=O) groups is 1. The number of allylic oxidation sites excluding steroid dienone is 1. The van der Waals surface area contributed by atoms with Crippen molar-refractivity contribution in [1.29, 1.82) is 0 Å². The van der Waals surface area contributed by atoms with Crippen molar-refractivity contribution < 1.29 is 9.53 Å². The zero-order valence-corrected chi connectivity index (χ0v) is 9.72. The summed E-state index contributed by atoms with van der Waals surface area (Å²) in [5.74, 6) is 0.225. The van der Waals surface area contributed by atoms with Crippen LogP contribution in [0.15, 0.2) is 24.5 Å². The Morgan fingerprint density at radius 1 is 1.41 bits per heavy atom. The van der Waals surface area contributed by atoms with Crippen LogP contribution in [0.2, 0.25) is 0 Å². The first-order valence-electron chi connectivity index (χ1n) is 5.61. The maximum absolute atomic E-state index is 11.2. The van der Waals surface area contributed by atoms with Crippen LogP contribution in [-0.4, -0.2) is 29.1 Å². The SMILES string of the molecule is COC(=O)c1cnc(NC2CC=CCC2)cn1. The zero-order chi connectivity index (χ0) is 12.1. The maximum Gasteiger partial charge on any atom is 0.358 e. The lowest BCUT2D eigenvalue weighted by molar-refractivity contribution is 0.0593. The van der Waals surface area contributed by atoms with Crippen LogP contribution in [0.25, 0.3) is 0 Å². The van der Waals surface area contributed by atoms with Gasteiger partial charge in [0.25, 0.3) is 0 Å². The van der Waals surface area contributed by atoms with Gasteiger partial charge in [-0.2, -0.15) is 0 Å². The molecule has 1 unspecified atom stereocenters. The van der Waals surface area contributed by atoms with E-state index in [4.69, 9.17) is 0 Å². The Labute approximate surface area is 99.9 Å². The van der Waals surface area contributed by atoms with E-state index in [1.807, 2.05) is 0 Å². The van der Waals surface area contributed by atoms with Crippen molar-refractivity contribution >= 4 is 11.8 Å². The molecule has 1 aliphatic carbocycles. The topological polar surface area (TPSA) is 64.1 Å². The number of esters is 1. The molecular formula is C12H15N3O2. The summed E-state index contributed by atoms with van der Waals surface area (Å²) in [4.78, 5) is 19.3. The fourth-order valence-electron chi connectivity index (χ4n) is 1.75. The molecule has 0 saturated carbocycles. The summed E-state index contributed by atoms with van der Waals surface area (Å²) in [7, 11) is 1.32. The smallest absolute Gasteiger partial charge is 0.358 e. The van der Waals surface area contributed by atoms with Gasteiger partial charge < -0.3 is 10.1 Å². The number of nitrogens with zero attached hydrogens (tertiary/aromatic N) is 2. The molecule has 1 aromatic heterocycles. The molecule has 1 atom stereocenters. The predicted molar refractivity (Wildman–Crippen MR) is 63.8 cm³/mol. The third-order valence-electron chi connectivity index (χ3n) is 2.67. The normalized spacial score (nSPS) is 18.8. The van der Waals surface area contributed by atoms with Gasteiger partial charge >= 0.3 is 5.97 Å². The van der Waals surface area contributed by atoms with Crippen LogP contribution < -0.4 is 5.32 Å². The van der Waals surface area contributed by atoms with Crippen molar-refractivity contribution in [3.05, 3.63) is 30.2 Å². The molecule has 1 heterocycles. The lowest BCUT2D eigenvalue weighted by atomic mass is 10.0. The van der Waals surface area contributed by atoms with E-state index in [0.29, 0.717) is 11.9 Å². The lowest BCUT2D eigenvalue weighted by Gasteiger charge is -2.19. The molecule has 5 nitrogen and oxygen atoms in total. The van der Waals surface area contributed by atoms with Crippen molar-refractivity contribution in [1.82, 2.24) is 9.97 Å². The van der Waals surface area contributed by atoms with E-state index >= 15 is 0 Å². The first-order valence-corrected chi connectivity index (χ1v) is 5.61. The van der Waals surface area contributed by atoms with E-state index in [9.17, 15) is 4.79 Å². The van der Waals surface area contributed by atoms with Crippen molar-refractivity contribution in [3.63, 3.8) is 0 Å². The first-order chi connectivity index (χ1) is 8.29. The Morgan fingerprint density at radius 3 is 2.88 bits per heavy atom. The lowest BCUT2D eigenvalue weighted by Crippen LogP contribution is -2.21. The number of nitrogens with one attached hydrogen (secondary N) is 1. The quantitative estimate of drug-likeness (QED) is 0.637. The highest BCUT2D eigenvalue weighted by molar-refractivity contribution is 5.86. The second-order valence-electron chi connectivity index (χ2n) is 3.90. The number of methoxy groups -OCH3 is 1. The average molecular weight is 233 g/mol. The van der Waals surface area contributed by atoms with Gasteiger partial charge in [-0.25, -0.2) is 14.8 Å². The Balaban J connectivity index is 1.98. The summed E-state index contributed by atoms with van der Waals surface area (Å²) >= 11 is 0. The van der Waals surface area contributed by atoms with Gasteiger partial charge in [-0.05, 0) is 19.3 Å². The summed E-state index contributed by atoms with van der Waals surface area (Å²) in [6.07, 6.45) is 10.5. The number of anilines is 1. The van der Waals surface area contributed by atoms with E-state index in [1.54, 1.807) is 6.20 Å². The van der Waals surface area contributed by atoms with Crippen molar-refractivity contribution in [2.75, 3.05) is 12.4 Å². The zero-order valence-electron chi connectivity index (χ0n) is 9.72. The minimum atomic E-state index is -0.468. The molecule has 1 aromatic rings. The number of ether oxygens (including phenoxy) is 1. The molecule has 2 rings (SSSR count). The van der Waals surface area contributed by atoms with E-state index in [2.05, 4.69) is 32.2 Å². The molecule has 17 heavy (non-hydrogen) atoms. The Morgan fingerprint density at radius 2 is 2.29 bits per heavy atom. The van der Waals surface area contributed by atoms with Gasteiger partial charge in [0.2, 0.25) is 0 Å². The van der Waals surface area contributed by atoms with Gasteiger partial charge in [-0.1, -0.05) is 12.2 Å². The molecule has 0 saturated heterocycles. The van der Waals surface area contributed by atoms with Gasteiger partial charge in [0, 0.05) is 6.04 Å². The van der Waals surface area contributed by atoms with Gasteiger partial charge in [0.15, 0.2) is 5.69 Å². The van der Waals surface area contributed by atoms with Crippen LogP contribution in [0, 0.1) is 0 Å². The Kier molecular flexibility index (Phi) is 3.69. The minimum absolute atomic E-state index is 0.224. The molecule has 0 aliphatic heterocycles. The third kappa shape index (κ3) is 3.03. The van der Waals surface area contributed by atoms with E-state index in [-0.39, 0.29) is 5.69 Å². The minimum Gasteiger partial charge on any atom is -0.464 e. The molecule has 1 aliphatic rings. The van der Waals surface area contributed by atoms with Crippen molar-refractivity contribution in [2.45, 2.75) is 25.3 Å². The fourth-order valence-corrected chi connectivity index (χ4v) is 1.75. The van der Waals surface area contributed by atoms with Gasteiger partial charge in [0.1, 0.15) is 5.82 Å². The van der Waals surface area contributed by atoms with Crippen molar-refractivity contribution in [3.8, 4) is 0 Å². The molecular weight excluding hydrogens is 218 g/mol. The standard InChI is InChI=1S/C12H15N3O2/c1-17-12(16)10-7-14-11(8-13-10)15-9-5-3-2-4-6-9/h2-3,7-9H,4-6H2,1H3,(H,14,15). The molecule has 0 aromatic carbocycles. The van der Waals surface area contributed by atoms with Crippen molar-refractivity contribution in [2.24, 2.45) is 0 Å². The Hall–Kier alpha value is -1.91. The highest BCUT2D eigenvalue weighted by atomic mass is 16.5. The molecule has 0 amide bonds. The van der Waals surface area contributed by atoms with Crippen LogP contribution >= 0.6 is 0 Å². The highest BCUT2D eigenvalue weighted by Crippen LogP contribution is 2.15. The number of hydrogen-bond donors (Lipinski definition) is 1. The summed E-state index contributed by atoms with van der Waals surface area (Å²) in [5, 5.41) is 3.29. The number of rotatable bonds is 3. The monoisotopic (exact) mass is 233 g/mol. The predicted octanol–water partition coefficient (Wildman–Crippen LogP) is 1.78. The summed E-state index contributed by atoms with van der Waals surface area (Å²) in [5.41, 5.74) is 0.224. The van der Waals surface area contributed by atoms with Crippen LogP contribution in [-0.2, 0) is 4.74 Å². The molecule has 1 N–H and O–H groups in total. The van der Waals surface area contributed by atoms with Gasteiger partial charge in [0.05, 0.1) is 19.5 Å². The van der Waals surface area contributed by atoms with Crippen LogP contribution in [0.4, 0.5) is 5.82 Å². The second kappa shape index (κ2) is 5.43. The first kappa shape index (κ1) is 11.6. The summed E-state index contributed by atoms with van der Waals surface area (Å²) in [6, 6.07) is 0.401. The van der Waals surface area contributed by atoms with E-state index < -0.39 is 5.97 Å². The third-order valence-corrected chi connectivity index (χ3v) is 2.67. The van der Waals surface area contributed by atoms with Gasteiger partial charge in [-0.15, -0.1) is 0 Å².